The molecule has 5 rings (SSSR count). The molecule has 0 spiro atoms. The van der Waals surface area contributed by atoms with Crippen LogP contribution in [0.3, 0.4) is 0 Å². The van der Waals surface area contributed by atoms with Crippen molar-refractivity contribution in [3.63, 3.8) is 0 Å². The predicted molar refractivity (Wildman–Crippen MR) is 181 cm³/mol. The number of carbonyl (C=O) groups is 4. The van der Waals surface area contributed by atoms with Gasteiger partial charge in [0.1, 0.15) is 11.6 Å². The number of nitrogens with one attached hydrogen (secondary N) is 1. The van der Waals surface area contributed by atoms with Crippen molar-refractivity contribution < 1.29 is 23.9 Å². The SMILES string of the molecule is CC(C)(C)OC(=O)N[C@@H](CC(=O)N1CCN(C(=O)CC(c2ccc(Cl)cc2)c2ccc(Cl)cc2)CC1)C(=O)N1Cc2ccccc2C1. The quantitative estimate of drug-likeness (QED) is 0.315. The molecule has 0 bridgehead atoms. The molecule has 2 aliphatic rings. The third-order valence-corrected chi connectivity index (χ3v) is 8.93. The van der Waals surface area contributed by atoms with E-state index in [1.807, 2.05) is 72.8 Å². The lowest BCUT2D eigenvalue weighted by atomic mass is 9.88. The number of hydrogen-bond acceptors (Lipinski definition) is 5. The molecular formula is C36H40Cl2N4O5. The molecule has 11 heteroatoms. The second-order valence-corrected chi connectivity index (χ2v) is 13.9. The highest BCUT2D eigenvalue weighted by molar-refractivity contribution is 6.30. The van der Waals surface area contributed by atoms with Gasteiger partial charge in [0.15, 0.2) is 0 Å². The summed E-state index contributed by atoms with van der Waals surface area (Å²) in [4.78, 5) is 58.6. The molecule has 1 atom stereocenters. The number of fused-ring (bicyclic) bond motifs is 1. The number of hydrogen-bond donors (Lipinski definition) is 1. The Hall–Kier alpha value is -4.08. The lowest BCUT2D eigenvalue weighted by Gasteiger charge is -2.36. The van der Waals surface area contributed by atoms with Crippen LogP contribution in [0.2, 0.25) is 10.0 Å². The van der Waals surface area contributed by atoms with E-state index in [1.165, 1.54) is 0 Å². The molecule has 1 N–H and O–H groups in total. The summed E-state index contributed by atoms with van der Waals surface area (Å²) >= 11 is 12.3. The fraction of sp³-hybridized carbons (Fsp3) is 0.389. The summed E-state index contributed by atoms with van der Waals surface area (Å²) in [7, 11) is 0. The Morgan fingerprint density at radius 1 is 0.702 bits per heavy atom. The molecule has 3 aromatic carbocycles. The fourth-order valence-corrected chi connectivity index (χ4v) is 6.24. The Kier molecular flexibility index (Phi) is 10.8. The number of alkyl carbamates (subject to hydrolysis) is 1. The first-order valence-electron chi connectivity index (χ1n) is 15.8. The summed E-state index contributed by atoms with van der Waals surface area (Å²) in [6, 6.07) is 21.6. The number of halogens is 2. The van der Waals surface area contributed by atoms with Crippen molar-refractivity contribution in [3.05, 3.63) is 105 Å². The van der Waals surface area contributed by atoms with Crippen LogP contribution in [0, 0.1) is 0 Å². The van der Waals surface area contributed by atoms with Gasteiger partial charge in [-0.25, -0.2) is 4.79 Å². The van der Waals surface area contributed by atoms with Crippen molar-refractivity contribution in [2.45, 2.75) is 64.3 Å². The third kappa shape index (κ3) is 9.05. The number of amides is 4. The van der Waals surface area contributed by atoms with E-state index in [0.717, 1.165) is 22.3 Å². The normalized spacial score (nSPS) is 15.3. The molecule has 4 amide bonds. The van der Waals surface area contributed by atoms with Crippen molar-refractivity contribution in [1.82, 2.24) is 20.0 Å². The molecule has 3 aromatic rings. The van der Waals surface area contributed by atoms with E-state index >= 15 is 0 Å². The zero-order valence-electron chi connectivity index (χ0n) is 26.9. The van der Waals surface area contributed by atoms with Gasteiger partial charge in [0.2, 0.25) is 17.7 Å². The monoisotopic (exact) mass is 678 g/mol. The molecule has 9 nitrogen and oxygen atoms in total. The average Bonchev–Trinajstić information content (AvgIpc) is 3.47. The van der Waals surface area contributed by atoms with Crippen LogP contribution in [-0.2, 0) is 32.2 Å². The van der Waals surface area contributed by atoms with Gasteiger partial charge in [-0.15, -0.1) is 0 Å². The summed E-state index contributed by atoms with van der Waals surface area (Å²) in [5.74, 6) is -0.840. The molecule has 0 aromatic heterocycles. The third-order valence-electron chi connectivity index (χ3n) is 8.43. The summed E-state index contributed by atoms with van der Waals surface area (Å²) < 4.78 is 5.41. The number of nitrogens with zero attached hydrogens (tertiary/aromatic N) is 3. The number of benzene rings is 3. The second-order valence-electron chi connectivity index (χ2n) is 13.0. The van der Waals surface area contributed by atoms with E-state index in [4.69, 9.17) is 27.9 Å². The molecular weight excluding hydrogens is 639 g/mol. The summed E-state index contributed by atoms with van der Waals surface area (Å²) in [6.07, 6.45) is -0.730. The minimum absolute atomic E-state index is 0.0276. The van der Waals surface area contributed by atoms with Crippen molar-refractivity contribution in [2.75, 3.05) is 26.2 Å². The topological polar surface area (TPSA) is 99.3 Å². The lowest BCUT2D eigenvalue weighted by molar-refractivity contribution is -0.142. The first-order valence-corrected chi connectivity index (χ1v) is 16.5. The van der Waals surface area contributed by atoms with Crippen molar-refractivity contribution in [1.29, 1.82) is 0 Å². The van der Waals surface area contributed by atoms with Crippen LogP contribution < -0.4 is 5.32 Å². The van der Waals surface area contributed by atoms with Gasteiger partial charge >= 0.3 is 6.09 Å². The van der Waals surface area contributed by atoms with Gasteiger partial charge in [0.05, 0.1) is 6.42 Å². The molecule has 1 fully saturated rings. The van der Waals surface area contributed by atoms with Gasteiger partial charge in [0.25, 0.3) is 0 Å². The Balaban J connectivity index is 1.21. The molecule has 0 saturated carbocycles. The largest absolute Gasteiger partial charge is 0.444 e. The average molecular weight is 680 g/mol. The number of rotatable bonds is 8. The second kappa shape index (κ2) is 14.8. The van der Waals surface area contributed by atoms with E-state index in [9.17, 15) is 19.2 Å². The van der Waals surface area contributed by atoms with Crippen LogP contribution in [-0.4, -0.2) is 76.3 Å². The number of piperazine rings is 1. The van der Waals surface area contributed by atoms with Crippen LogP contribution in [0.25, 0.3) is 0 Å². The zero-order valence-corrected chi connectivity index (χ0v) is 28.4. The van der Waals surface area contributed by atoms with E-state index in [0.29, 0.717) is 49.3 Å². The molecule has 2 aliphatic heterocycles. The van der Waals surface area contributed by atoms with Crippen molar-refractivity contribution >= 4 is 47.0 Å². The highest BCUT2D eigenvalue weighted by Gasteiger charge is 2.35. The van der Waals surface area contributed by atoms with E-state index in [-0.39, 0.29) is 36.5 Å². The molecule has 47 heavy (non-hydrogen) atoms. The van der Waals surface area contributed by atoms with Crippen LogP contribution in [0.5, 0.6) is 0 Å². The van der Waals surface area contributed by atoms with Crippen LogP contribution in [0.1, 0.15) is 61.8 Å². The van der Waals surface area contributed by atoms with Gasteiger partial charge in [-0.2, -0.15) is 0 Å². The number of carbonyl (C=O) groups excluding carboxylic acids is 4. The minimum atomic E-state index is -1.09. The van der Waals surface area contributed by atoms with Crippen LogP contribution in [0.15, 0.2) is 72.8 Å². The predicted octanol–water partition coefficient (Wildman–Crippen LogP) is 6.01. The smallest absolute Gasteiger partial charge is 0.408 e. The van der Waals surface area contributed by atoms with Crippen LogP contribution >= 0.6 is 23.2 Å². The molecule has 2 heterocycles. The highest BCUT2D eigenvalue weighted by atomic mass is 35.5. The summed E-state index contributed by atoms with van der Waals surface area (Å²) in [5.41, 5.74) is 3.24. The first kappa shape index (κ1) is 34.3. The van der Waals surface area contributed by atoms with Gasteiger partial charge in [-0.1, -0.05) is 71.7 Å². The molecule has 0 radical (unpaired) electrons. The minimum Gasteiger partial charge on any atom is -0.444 e. The van der Waals surface area contributed by atoms with Crippen LogP contribution in [0.4, 0.5) is 4.79 Å². The Morgan fingerprint density at radius 2 is 1.15 bits per heavy atom. The first-order chi connectivity index (χ1) is 22.4. The van der Waals surface area contributed by atoms with Crippen molar-refractivity contribution in [2.24, 2.45) is 0 Å². The highest BCUT2D eigenvalue weighted by Crippen LogP contribution is 2.31. The fourth-order valence-electron chi connectivity index (χ4n) is 5.99. The molecule has 0 unspecified atom stereocenters. The number of ether oxygens (including phenoxy) is 1. The summed E-state index contributed by atoms with van der Waals surface area (Å²) in [6.45, 7) is 7.38. The molecule has 0 aliphatic carbocycles. The van der Waals surface area contributed by atoms with E-state index < -0.39 is 17.7 Å². The van der Waals surface area contributed by atoms with Gasteiger partial charge in [0, 0.05) is 61.7 Å². The van der Waals surface area contributed by atoms with E-state index in [2.05, 4.69) is 5.32 Å². The van der Waals surface area contributed by atoms with E-state index in [1.54, 1.807) is 35.5 Å². The summed E-state index contributed by atoms with van der Waals surface area (Å²) in [5, 5.41) is 3.89. The van der Waals surface area contributed by atoms with Gasteiger partial charge in [-0.05, 0) is 67.3 Å². The molecule has 1 saturated heterocycles. The Bertz CT molecular complexity index is 1530. The van der Waals surface area contributed by atoms with Crippen molar-refractivity contribution in [3.8, 4) is 0 Å². The molecule has 248 valence electrons. The standard InChI is InChI=1S/C36H40Cl2N4O5/c1-36(2,3)47-35(46)39-31(34(45)42-22-26-6-4-5-7-27(26)23-42)21-33(44)41-18-16-40(17-19-41)32(43)20-30(24-8-12-28(37)13-9-24)25-10-14-29(38)15-11-25/h4-15,30-31H,16-23H2,1-3H3,(H,39,46)/t31-/m0/s1. The Morgan fingerprint density at radius 3 is 1.60 bits per heavy atom. The Labute approximate surface area is 285 Å². The zero-order chi connectivity index (χ0) is 33.7. The lowest BCUT2D eigenvalue weighted by Crippen LogP contribution is -2.54. The van der Waals surface area contributed by atoms with Gasteiger partial charge in [-0.3, -0.25) is 14.4 Å². The maximum absolute atomic E-state index is 13.7. The van der Waals surface area contributed by atoms with Gasteiger partial charge < -0.3 is 24.8 Å². The maximum Gasteiger partial charge on any atom is 0.408 e. The maximum atomic E-state index is 13.7.